The molecule has 0 radical (unpaired) electrons. The summed E-state index contributed by atoms with van der Waals surface area (Å²) >= 11 is 0. The number of phenolic OH excluding ortho intramolecular Hbond substituents is 1. The van der Waals surface area contributed by atoms with Crippen molar-refractivity contribution in [2.45, 2.75) is 12.2 Å². The average Bonchev–Trinajstić information content (AvgIpc) is 2.72. The minimum Gasteiger partial charge on any atom is -0.504 e. The summed E-state index contributed by atoms with van der Waals surface area (Å²) in [5.74, 6) is 1.08. The van der Waals surface area contributed by atoms with Gasteiger partial charge in [0.25, 0.3) is 0 Å². The quantitative estimate of drug-likeness (QED) is 0.658. The highest BCUT2D eigenvalue weighted by atomic mass is 16.6. The van der Waals surface area contributed by atoms with Gasteiger partial charge in [0.2, 0.25) is 11.5 Å². The van der Waals surface area contributed by atoms with E-state index in [1.165, 1.54) is 26.4 Å². The molecule has 28 heavy (non-hydrogen) atoms. The van der Waals surface area contributed by atoms with E-state index in [4.69, 9.17) is 23.4 Å². The molecule has 2 heterocycles. The molecule has 8 nitrogen and oxygen atoms in total. The van der Waals surface area contributed by atoms with Gasteiger partial charge >= 0.3 is 5.63 Å². The van der Waals surface area contributed by atoms with E-state index in [1.54, 1.807) is 24.3 Å². The van der Waals surface area contributed by atoms with Gasteiger partial charge < -0.3 is 33.6 Å². The molecule has 0 aliphatic carbocycles. The van der Waals surface area contributed by atoms with E-state index in [0.717, 1.165) is 0 Å². The van der Waals surface area contributed by atoms with Crippen LogP contribution in [0.1, 0.15) is 11.7 Å². The Morgan fingerprint density at radius 3 is 2.50 bits per heavy atom. The van der Waals surface area contributed by atoms with Crippen molar-refractivity contribution in [3.63, 3.8) is 0 Å². The summed E-state index contributed by atoms with van der Waals surface area (Å²) < 4.78 is 28.0. The first-order valence-corrected chi connectivity index (χ1v) is 8.51. The Hall–Kier alpha value is -3.39. The van der Waals surface area contributed by atoms with Gasteiger partial charge in [-0.25, -0.2) is 4.79 Å². The summed E-state index contributed by atoms with van der Waals surface area (Å²) in [5.41, 5.74) is 0.300. The van der Waals surface area contributed by atoms with Crippen molar-refractivity contribution < 1.29 is 33.6 Å². The Balaban J connectivity index is 1.87. The number of hydrogen-bond acceptors (Lipinski definition) is 8. The van der Waals surface area contributed by atoms with E-state index in [2.05, 4.69) is 0 Å². The molecule has 8 heteroatoms. The van der Waals surface area contributed by atoms with Crippen molar-refractivity contribution in [3.8, 4) is 28.7 Å². The molecule has 1 aromatic heterocycles. The summed E-state index contributed by atoms with van der Waals surface area (Å²) in [6.07, 6.45) is -1.50. The molecule has 1 aliphatic rings. The Morgan fingerprint density at radius 2 is 1.79 bits per heavy atom. The summed E-state index contributed by atoms with van der Waals surface area (Å²) in [5, 5.41) is 20.3. The molecular weight excluding hydrogens is 368 g/mol. The second kappa shape index (κ2) is 6.97. The van der Waals surface area contributed by atoms with Gasteiger partial charge in [-0.2, -0.15) is 0 Å². The largest absolute Gasteiger partial charge is 0.504 e. The maximum Gasteiger partial charge on any atom is 0.336 e. The van der Waals surface area contributed by atoms with E-state index in [1.807, 2.05) is 0 Å². The van der Waals surface area contributed by atoms with Gasteiger partial charge in [-0.3, -0.25) is 0 Å². The minimum absolute atomic E-state index is 0.0192. The number of benzene rings is 2. The lowest BCUT2D eigenvalue weighted by molar-refractivity contribution is -0.0135. The molecule has 0 unspecified atom stereocenters. The van der Waals surface area contributed by atoms with Crippen molar-refractivity contribution >= 4 is 11.0 Å². The molecule has 2 N–H and O–H groups in total. The molecular formula is C20H18O8. The molecule has 0 bridgehead atoms. The van der Waals surface area contributed by atoms with Crippen LogP contribution in [-0.4, -0.2) is 37.1 Å². The van der Waals surface area contributed by atoms with Crippen molar-refractivity contribution in [1.29, 1.82) is 0 Å². The zero-order valence-corrected chi connectivity index (χ0v) is 15.2. The predicted molar refractivity (Wildman–Crippen MR) is 98.6 cm³/mol. The van der Waals surface area contributed by atoms with Gasteiger partial charge in [-0.1, -0.05) is 6.07 Å². The summed E-state index contributed by atoms with van der Waals surface area (Å²) in [4.78, 5) is 11.7. The fraction of sp³-hybridized carbons (Fsp3) is 0.250. The molecule has 1 aliphatic heterocycles. The van der Waals surface area contributed by atoms with Gasteiger partial charge in [-0.15, -0.1) is 0 Å². The maximum atomic E-state index is 11.7. The van der Waals surface area contributed by atoms with Crippen LogP contribution in [0.25, 0.3) is 11.0 Å². The first kappa shape index (κ1) is 18.0. The van der Waals surface area contributed by atoms with Crippen LogP contribution in [-0.2, 0) is 0 Å². The highest BCUT2D eigenvalue weighted by Crippen LogP contribution is 2.49. The number of aromatic hydroxyl groups is 1. The molecule has 2 atom stereocenters. The number of aliphatic hydroxyl groups excluding tert-OH is 1. The average molecular weight is 386 g/mol. The van der Waals surface area contributed by atoms with Crippen LogP contribution < -0.4 is 24.6 Å². The maximum absolute atomic E-state index is 11.7. The van der Waals surface area contributed by atoms with Crippen LogP contribution >= 0.6 is 0 Å². The number of aliphatic hydroxyl groups is 1. The van der Waals surface area contributed by atoms with E-state index in [0.29, 0.717) is 16.7 Å². The van der Waals surface area contributed by atoms with E-state index in [9.17, 15) is 15.0 Å². The zero-order chi connectivity index (χ0) is 19.8. The number of methoxy groups -OCH3 is 2. The summed E-state index contributed by atoms with van der Waals surface area (Å²) in [7, 11) is 2.92. The predicted octanol–water partition coefficient (Wildman–Crippen LogP) is 2.39. The number of ether oxygens (including phenoxy) is 4. The van der Waals surface area contributed by atoms with Crippen molar-refractivity contribution in [2.24, 2.45) is 0 Å². The van der Waals surface area contributed by atoms with Gasteiger partial charge in [0.05, 0.1) is 20.8 Å². The van der Waals surface area contributed by atoms with E-state index < -0.39 is 17.8 Å². The number of phenols is 1. The van der Waals surface area contributed by atoms with Crippen molar-refractivity contribution in [3.05, 3.63) is 52.4 Å². The van der Waals surface area contributed by atoms with Crippen LogP contribution in [0.2, 0.25) is 0 Å². The molecule has 0 spiro atoms. The van der Waals surface area contributed by atoms with Gasteiger partial charge in [0.15, 0.2) is 35.0 Å². The standard InChI is InChI=1S/C20H18O8/c1-24-13-7-10(3-5-12(13)22)17-15(9-21)26-20-18-11(4-6-16(23)27-18)8-14(25-2)19(20)28-17/h3-8,15,17,21-22H,9H2,1-2H3/t15-,17+/m0/s1. The number of fused-ring (bicyclic) bond motifs is 3. The highest BCUT2D eigenvalue weighted by molar-refractivity contribution is 5.88. The number of hydrogen-bond donors (Lipinski definition) is 2. The highest BCUT2D eigenvalue weighted by Gasteiger charge is 2.37. The summed E-state index contributed by atoms with van der Waals surface area (Å²) in [6, 6.07) is 9.29. The van der Waals surface area contributed by atoms with E-state index >= 15 is 0 Å². The normalized spacial score (nSPS) is 18.1. The van der Waals surface area contributed by atoms with Crippen LogP contribution in [0.4, 0.5) is 0 Å². The Bertz CT molecular complexity index is 1090. The lowest BCUT2D eigenvalue weighted by atomic mass is 10.0. The first-order chi connectivity index (χ1) is 13.5. The monoisotopic (exact) mass is 386 g/mol. The van der Waals surface area contributed by atoms with Gasteiger partial charge in [0, 0.05) is 17.0 Å². The van der Waals surface area contributed by atoms with Crippen LogP contribution in [0, 0.1) is 0 Å². The van der Waals surface area contributed by atoms with Gasteiger partial charge in [-0.05, 0) is 24.3 Å². The van der Waals surface area contributed by atoms with Crippen molar-refractivity contribution in [2.75, 3.05) is 20.8 Å². The molecule has 4 rings (SSSR count). The number of rotatable bonds is 4. The second-order valence-electron chi connectivity index (χ2n) is 6.22. The Labute approximate surface area is 159 Å². The third-order valence-corrected chi connectivity index (χ3v) is 4.57. The first-order valence-electron chi connectivity index (χ1n) is 8.51. The lowest BCUT2D eigenvalue weighted by Crippen LogP contribution is -2.36. The Kier molecular flexibility index (Phi) is 4.48. The third-order valence-electron chi connectivity index (χ3n) is 4.57. The zero-order valence-electron chi connectivity index (χ0n) is 15.2. The smallest absolute Gasteiger partial charge is 0.336 e. The van der Waals surface area contributed by atoms with Crippen LogP contribution in [0.3, 0.4) is 0 Å². The second-order valence-corrected chi connectivity index (χ2v) is 6.22. The molecule has 146 valence electrons. The summed E-state index contributed by atoms with van der Waals surface area (Å²) in [6.45, 7) is -0.358. The van der Waals surface area contributed by atoms with Crippen molar-refractivity contribution in [1.82, 2.24) is 0 Å². The minimum atomic E-state index is -0.789. The van der Waals surface area contributed by atoms with Crippen LogP contribution in [0.5, 0.6) is 28.7 Å². The molecule has 3 aromatic rings. The van der Waals surface area contributed by atoms with E-state index in [-0.39, 0.29) is 35.2 Å². The molecule has 2 aromatic carbocycles. The fourth-order valence-electron chi connectivity index (χ4n) is 3.21. The fourth-order valence-corrected chi connectivity index (χ4v) is 3.21. The molecule has 0 saturated carbocycles. The molecule has 0 fully saturated rings. The lowest BCUT2D eigenvalue weighted by Gasteiger charge is -2.34. The topological polar surface area (TPSA) is 108 Å². The Morgan fingerprint density at radius 1 is 1.00 bits per heavy atom. The van der Waals surface area contributed by atoms with Crippen LogP contribution in [0.15, 0.2) is 45.6 Å². The third kappa shape index (κ3) is 2.87. The SMILES string of the molecule is COc1cc([C@H]2Oc3c(OC)cc4ccc(=O)oc4c3O[C@H]2CO)ccc1O. The molecule has 0 amide bonds. The molecule has 0 saturated heterocycles. The van der Waals surface area contributed by atoms with Gasteiger partial charge in [0.1, 0.15) is 0 Å².